The van der Waals surface area contributed by atoms with E-state index in [1.807, 2.05) is 0 Å². The molecule has 0 amide bonds. The fraction of sp³-hybridized carbons (Fsp3) is 0.455. The largest absolute Gasteiger partial charge is 0.443 e. The van der Waals surface area contributed by atoms with Crippen molar-refractivity contribution in [3.63, 3.8) is 0 Å². The molecule has 80 valence electrons. The fourth-order valence-corrected chi connectivity index (χ4v) is 1.08. The van der Waals surface area contributed by atoms with Crippen molar-refractivity contribution in [3.8, 4) is 12.3 Å². The zero-order valence-electron chi connectivity index (χ0n) is 9.37. The van der Waals surface area contributed by atoms with Crippen LogP contribution in [0.25, 0.3) is 0 Å². The minimum Gasteiger partial charge on any atom is -0.443 e. The van der Waals surface area contributed by atoms with E-state index in [2.05, 4.69) is 10.9 Å². The maximum atomic E-state index is 11.7. The molecule has 1 aromatic rings. The van der Waals surface area contributed by atoms with E-state index in [1.54, 1.807) is 27.7 Å². The van der Waals surface area contributed by atoms with Crippen molar-refractivity contribution in [1.29, 1.82) is 0 Å². The number of ether oxygens (including phenoxy) is 1. The average Bonchev–Trinajstić information content (AvgIpc) is 2.43. The molecule has 1 rings (SSSR count). The Bertz CT molecular complexity index is 419. The van der Waals surface area contributed by atoms with Crippen LogP contribution in [0.5, 0.6) is 0 Å². The van der Waals surface area contributed by atoms with E-state index in [0.717, 1.165) is 0 Å². The van der Waals surface area contributed by atoms with Crippen molar-refractivity contribution in [2.45, 2.75) is 33.3 Å². The lowest BCUT2D eigenvalue weighted by molar-refractivity contribution is 0.0532. The Labute approximate surface area is 89.3 Å². The molecule has 0 fully saturated rings. The molecule has 0 aliphatic rings. The highest BCUT2D eigenvalue weighted by Crippen LogP contribution is 2.11. The number of terminal acetylenes is 1. The lowest BCUT2D eigenvalue weighted by Gasteiger charge is -2.20. The number of aromatic nitrogens is 2. The molecule has 4 heteroatoms. The van der Waals surface area contributed by atoms with Gasteiger partial charge in [0.2, 0.25) is 0 Å². The first-order chi connectivity index (χ1) is 6.85. The fourth-order valence-electron chi connectivity index (χ4n) is 1.08. The second-order valence-corrected chi connectivity index (χ2v) is 4.15. The molecule has 0 spiro atoms. The van der Waals surface area contributed by atoms with Crippen molar-refractivity contribution < 1.29 is 9.53 Å². The zero-order valence-corrected chi connectivity index (χ0v) is 9.37. The van der Waals surface area contributed by atoms with E-state index in [0.29, 0.717) is 11.5 Å². The van der Waals surface area contributed by atoms with E-state index >= 15 is 0 Å². The third-order valence-corrected chi connectivity index (χ3v) is 1.66. The second kappa shape index (κ2) is 3.77. The van der Waals surface area contributed by atoms with Crippen LogP contribution in [-0.4, -0.2) is 21.2 Å². The molecule has 0 saturated carbocycles. The van der Waals surface area contributed by atoms with Crippen LogP contribution in [0.4, 0.5) is 4.79 Å². The standard InChI is InChI=1S/C11H14N2O2/c1-6-9-7-12-8(2)13(9)10(14)15-11(3,4)5/h1,7H,2-5H3. The van der Waals surface area contributed by atoms with Gasteiger partial charge >= 0.3 is 6.09 Å². The van der Waals surface area contributed by atoms with Crippen molar-refractivity contribution in [2.24, 2.45) is 0 Å². The molecule has 0 atom stereocenters. The Balaban J connectivity index is 3.02. The van der Waals surface area contributed by atoms with Crippen molar-refractivity contribution in [2.75, 3.05) is 0 Å². The third-order valence-electron chi connectivity index (χ3n) is 1.66. The van der Waals surface area contributed by atoms with Gasteiger partial charge in [-0.15, -0.1) is 6.42 Å². The van der Waals surface area contributed by atoms with Crippen LogP contribution in [0.15, 0.2) is 6.20 Å². The summed E-state index contributed by atoms with van der Waals surface area (Å²) >= 11 is 0. The first kappa shape index (κ1) is 11.3. The van der Waals surface area contributed by atoms with Crippen LogP contribution in [0.1, 0.15) is 32.3 Å². The van der Waals surface area contributed by atoms with Crippen LogP contribution in [0.3, 0.4) is 0 Å². The van der Waals surface area contributed by atoms with Crippen molar-refractivity contribution >= 4 is 6.09 Å². The lowest BCUT2D eigenvalue weighted by atomic mass is 10.2. The Kier molecular flexibility index (Phi) is 2.85. The van der Waals surface area contributed by atoms with E-state index < -0.39 is 11.7 Å². The molecule has 0 radical (unpaired) electrons. The summed E-state index contributed by atoms with van der Waals surface area (Å²) in [6.45, 7) is 7.09. The van der Waals surface area contributed by atoms with Gasteiger partial charge in [-0.25, -0.2) is 14.3 Å². The third kappa shape index (κ3) is 2.59. The van der Waals surface area contributed by atoms with Gasteiger partial charge in [0, 0.05) is 0 Å². The van der Waals surface area contributed by atoms with E-state index in [9.17, 15) is 4.79 Å². The molecular formula is C11H14N2O2. The van der Waals surface area contributed by atoms with Gasteiger partial charge in [0.1, 0.15) is 17.1 Å². The summed E-state index contributed by atoms with van der Waals surface area (Å²) in [5, 5.41) is 0. The van der Waals surface area contributed by atoms with Gasteiger partial charge in [0.15, 0.2) is 0 Å². The molecular weight excluding hydrogens is 192 g/mol. The predicted octanol–water partition coefficient (Wildman–Crippen LogP) is 1.96. The zero-order chi connectivity index (χ0) is 11.6. The Morgan fingerprint density at radius 2 is 2.20 bits per heavy atom. The average molecular weight is 206 g/mol. The molecule has 0 aliphatic heterocycles. The van der Waals surface area contributed by atoms with E-state index in [-0.39, 0.29) is 0 Å². The van der Waals surface area contributed by atoms with Crippen LogP contribution in [0.2, 0.25) is 0 Å². The van der Waals surface area contributed by atoms with E-state index in [4.69, 9.17) is 11.2 Å². The Hall–Kier alpha value is -1.76. The van der Waals surface area contributed by atoms with Gasteiger partial charge in [-0.2, -0.15) is 0 Å². The topological polar surface area (TPSA) is 44.1 Å². The minimum absolute atomic E-state index is 0.404. The van der Waals surface area contributed by atoms with E-state index in [1.165, 1.54) is 10.8 Å². The highest BCUT2D eigenvalue weighted by molar-refractivity contribution is 5.73. The summed E-state index contributed by atoms with van der Waals surface area (Å²) in [6.07, 6.45) is 6.22. The summed E-state index contributed by atoms with van der Waals surface area (Å²) in [4.78, 5) is 15.7. The van der Waals surface area contributed by atoms with Gasteiger partial charge < -0.3 is 4.74 Å². The Morgan fingerprint density at radius 1 is 1.60 bits per heavy atom. The predicted molar refractivity (Wildman–Crippen MR) is 56.5 cm³/mol. The molecule has 1 aromatic heterocycles. The number of hydrogen-bond donors (Lipinski definition) is 0. The minimum atomic E-state index is -0.542. The molecule has 0 aliphatic carbocycles. The molecule has 4 nitrogen and oxygen atoms in total. The van der Waals surface area contributed by atoms with Crippen LogP contribution in [-0.2, 0) is 4.74 Å². The maximum absolute atomic E-state index is 11.7. The second-order valence-electron chi connectivity index (χ2n) is 4.15. The molecule has 0 N–H and O–H groups in total. The first-order valence-electron chi connectivity index (χ1n) is 4.59. The van der Waals surface area contributed by atoms with Gasteiger partial charge in [0.25, 0.3) is 0 Å². The van der Waals surface area contributed by atoms with Crippen molar-refractivity contribution in [1.82, 2.24) is 9.55 Å². The van der Waals surface area contributed by atoms with Gasteiger partial charge in [-0.05, 0) is 33.6 Å². The normalized spacial score (nSPS) is 10.9. The number of carbonyl (C=O) groups excluding carboxylic acids is 1. The van der Waals surface area contributed by atoms with Gasteiger partial charge in [-0.3, -0.25) is 0 Å². The summed E-state index contributed by atoms with van der Waals surface area (Å²) in [5.74, 6) is 2.91. The molecule has 1 heterocycles. The first-order valence-corrected chi connectivity index (χ1v) is 4.59. The van der Waals surface area contributed by atoms with Gasteiger partial charge in [-0.1, -0.05) is 0 Å². The summed E-state index contributed by atoms with van der Waals surface area (Å²) in [7, 11) is 0. The summed E-state index contributed by atoms with van der Waals surface area (Å²) in [6, 6.07) is 0. The molecule has 0 saturated heterocycles. The quantitative estimate of drug-likeness (QED) is 0.609. The van der Waals surface area contributed by atoms with Crippen LogP contribution in [0, 0.1) is 19.3 Å². The maximum Gasteiger partial charge on any atom is 0.421 e. The molecule has 0 bridgehead atoms. The summed E-state index contributed by atoms with van der Waals surface area (Å²) < 4.78 is 6.48. The number of rotatable bonds is 0. The number of carbonyl (C=O) groups is 1. The number of nitrogens with zero attached hydrogens (tertiary/aromatic N) is 2. The molecule has 0 unspecified atom stereocenters. The number of imidazole rings is 1. The van der Waals surface area contributed by atoms with Gasteiger partial charge in [0.05, 0.1) is 6.20 Å². The lowest BCUT2D eigenvalue weighted by Crippen LogP contribution is -2.28. The van der Waals surface area contributed by atoms with Crippen LogP contribution >= 0.6 is 0 Å². The number of hydrogen-bond acceptors (Lipinski definition) is 3. The summed E-state index contributed by atoms with van der Waals surface area (Å²) in [5.41, 5.74) is -0.138. The molecule has 0 aromatic carbocycles. The smallest absolute Gasteiger partial charge is 0.421 e. The highest BCUT2D eigenvalue weighted by atomic mass is 16.6. The SMILES string of the molecule is C#Cc1cnc(C)n1C(=O)OC(C)(C)C. The monoisotopic (exact) mass is 206 g/mol. The van der Waals surface area contributed by atoms with Crippen LogP contribution < -0.4 is 0 Å². The Morgan fingerprint density at radius 3 is 2.67 bits per heavy atom. The molecule has 15 heavy (non-hydrogen) atoms. The van der Waals surface area contributed by atoms with Crippen molar-refractivity contribution in [3.05, 3.63) is 17.7 Å². The number of aryl methyl sites for hydroxylation is 1. The highest BCUT2D eigenvalue weighted by Gasteiger charge is 2.20.